The van der Waals surface area contributed by atoms with Crippen molar-refractivity contribution in [3.05, 3.63) is 47.8 Å². The van der Waals surface area contributed by atoms with Gasteiger partial charge in [-0.25, -0.2) is 4.79 Å². The van der Waals surface area contributed by atoms with Crippen molar-refractivity contribution >= 4 is 18.7 Å². The largest absolute Gasteiger partial charge is 0.491 e. The van der Waals surface area contributed by atoms with Gasteiger partial charge < -0.3 is 20.1 Å². The summed E-state index contributed by atoms with van der Waals surface area (Å²) < 4.78 is 45.0. The summed E-state index contributed by atoms with van der Waals surface area (Å²) in [6.07, 6.45) is -1.59. The normalized spacial score (nSPS) is 13.1. The van der Waals surface area contributed by atoms with Gasteiger partial charge >= 0.3 is 19.4 Å². The zero-order valence-electron chi connectivity index (χ0n) is 17.0. The van der Waals surface area contributed by atoms with E-state index in [4.69, 9.17) is 14.8 Å². The summed E-state index contributed by atoms with van der Waals surface area (Å²) in [6.45, 7) is 5.52. The molecule has 0 aliphatic carbocycles. The number of rotatable bonds is 7. The van der Waals surface area contributed by atoms with Gasteiger partial charge in [-0.15, -0.1) is 0 Å². The van der Waals surface area contributed by atoms with Gasteiger partial charge in [-0.3, -0.25) is 4.68 Å². The van der Waals surface area contributed by atoms with E-state index in [9.17, 15) is 18.0 Å². The zero-order valence-corrected chi connectivity index (χ0v) is 17.0. The fraction of sp³-hybridized carbons (Fsp3) is 0.474. The summed E-state index contributed by atoms with van der Waals surface area (Å²) in [5.41, 5.74) is -0.586. The molecule has 0 fully saturated rings. The molecule has 0 saturated carbocycles. The Bertz CT molecular complexity index is 833. The Balaban J connectivity index is 2.08. The van der Waals surface area contributed by atoms with Crippen LogP contribution in [0.3, 0.4) is 0 Å². The van der Waals surface area contributed by atoms with Crippen LogP contribution in [-0.4, -0.2) is 44.7 Å². The molecule has 1 amide bonds. The second-order valence-electron chi connectivity index (χ2n) is 7.94. The number of nitrogens with one attached hydrogen (secondary N) is 1. The van der Waals surface area contributed by atoms with E-state index in [1.165, 1.54) is 29.2 Å². The van der Waals surface area contributed by atoms with Crippen molar-refractivity contribution in [2.24, 2.45) is 0 Å². The minimum absolute atomic E-state index is 0.231. The lowest BCUT2D eigenvalue weighted by atomic mass is 9.83. The van der Waals surface area contributed by atoms with E-state index in [0.717, 1.165) is 12.1 Å². The first-order valence-corrected chi connectivity index (χ1v) is 9.37. The molecule has 3 N–H and O–H groups in total. The Morgan fingerprint density at radius 2 is 1.87 bits per heavy atom. The monoisotopic (exact) mass is 427 g/mol. The molecule has 0 spiro atoms. The third-order valence-electron chi connectivity index (χ3n) is 4.14. The summed E-state index contributed by atoms with van der Waals surface area (Å²) in [7, 11) is -1.64. The van der Waals surface area contributed by atoms with Crippen LogP contribution in [0.25, 0.3) is 0 Å². The number of nitrogens with zero attached hydrogens (tertiary/aromatic N) is 2. The first-order chi connectivity index (χ1) is 13.8. The maximum Gasteiger partial charge on any atom is 0.491 e. The Hall–Kier alpha value is -2.53. The third kappa shape index (κ3) is 7.71. The summed E-state index contributed by atoms with van der Waals surface area (Å²) in [5, 5.41) is 25.1. The quantitative estimate of drug-likeness (QED) is 0.589. The van der Waals surface area contributed by atoms with Crippen molar-refractivity contribution in [2.75, 3.05) is 0 Å². The fourth-order valence-corrected chi connectivity index (χ4v) is 2.74. The van der Waals surface area contributed by atoms with E-state index < -0.39 is 36.6 Å². The predicted octanol–water partition coefficient (Wildman–Crippen LogP) is 2.11. The van der Waals surface area contributed by atoms with Crippen LogP contribution in [0.15, 0.2) is 36.7 Å². The van der Waals surface area contributed by atoms with Gasteiger partial charge in [0.15, 0.2) is 0 Å². The molecule has 0 aliphatic rings. The average Bonchev–Trinajstić information content (AvgIpc) is 3.07. The van der Waals surface area contributed by atoms with Crippen LogP contribution in [0.4, 0.5) is 18.0 Å². The minimum Gasteiger partial charge on any atom is -0.444 e. The first kappa shape index (κ1) is 23.8. The van der Waals surface area contributed by atoms with E-state index >= 15 is 0 Å². The lowest BCUT2D eigenvalue weighted by Crippen LogP contribution is -2.40. The molecule has 2 rings (SSSR count). The summed E-state index contributed by atoms with van der Waals surface area (Å²) in [4.78, 5) is 12.2. The molecule has 1 aromatic carbocycles. The lowest BCUT2D eigenvalue weighted by molar-refractivity contribution is -0.137. The van der Waals surface area contributed by atoms with Crippen LogP contribution >= 0.6 is 0 Å². The first-order valence-electron chi connectivity index (χ1n) is 9.37. The van der Waals surface area contributed by atoms with Crippen molar-refractivity contribution in [1.82, 2.24) is 15.1 Å². The smallest absolute Gasteiger partial charge is 0.444 e. The molecule has 0 unspecified atom stereocenters. The summed E-state index contributed by atoms with van der Waals surface area (Å²) >= 11 is 0. The maximum absolute atomic E-state index is 12.8. The van der Waals surface area contributed by atoms with Crippen LogP contribution in [0.2, 0.25) is 0 Å². The van der Waals surface area contributed by atoms with Crippen LogP contribution in [0.1, 0.15) is 38.3 Å². The molecule has 0 radical (unpaired) electrons. The Labute approximate surface area is 173 Å². The molecule has 0 aliphatic heterocycles. The number of aromatic nitrogens is 2. The predicted molar refractivity (Wildman–Crippen MR) is 105 cm³/mol. The van der Waals surface area contributed by atoms with Gasteiger partial charge in [0, 0.05) is 30.4 Å². The number of aryl methyl sites for hydroxylation is 1. The molecular weight excluding hydrogens is 402 g/mol. The number of alkyl halides is 3. The number of alkyl carbamates (subject to hydrolysis) is 1. The van der Waals surface area contributed by atoms with Crippen molar-refractivity contribution in [3.8, 4) is 0 Å². The zero-order chi connectivity index (χ0) is 22.5. The Kier molecular flexibility index (Phi) is 7.54. The molecule has 1 atom stereocenters. The van der Waals surface area contributed by atoms with Gasteiger partial charge in [0.05, 0.1) is 5.56 Å². The highest BCUT2D eigenvalue weighted by atomic mass is 19.4. The second kappa shape index (κ2) is 9.52. The molecule has 0 bridgehead atoms. The number of carbonyl (C=O) groups is 1. The number of hydrogen-bond acceptors (Lipinski definition) is 5. The van der Waals surface area contributed by atoms with E-state index in [1.54, 1.807) is 20.8 Å². The van der Waals surface area contributed by atoms with E-state index in [2.05, 4.69) is 10.4 Å². The van der Waals surface area contributed by atoms with Gasteiger partial charge in [-0.2, -0.15) is 18.3 Å². The molecule has 2 aromatic rings. The van der Waals surface area contributed by atoms with Gasteiger partial charge in [-0.05, 0) is 51.3 Å². The second-order valence-corrected chi connectivity index (χ2v) is 7.94. The van der Waals surface area contributed by atoms with Gasteiger partial charge in [0.1, 0.15) is 5.60 Å². The molecule has 0 saturated heterocycles. The third-order valence-corrected chi connectivity index (χ3v) is 4.14. The highest BCUT2D eigenvalue weighted by molar-refractivity contribution is 6.58. The van der Waals surface area contributed by atoms with Crippen molar-refractivity contribution in [2.45, 2.75) is 58.0 Å². The molecule has 1 aromatic heterocycles. The highest BCUT2D eigenvalue weighted by Gasteiger charge is 2.30. The average molecular weight is 427 g/mol. The lowest BCUT2D eigenvalue weighted by Gasteiger charge is -2.24. The topological polar surface area (TPSA) is 96.6 Å². The minimum atomic E-state index is -4.41. The van der Waals surface area contributed by atoms with Gasteiger partial charge in [0.25, 0.3) is 0 Å². The van der Waals surface area contributed by atoms with Crippen LogP contribution in [0, 0.1) is 0 Å². The van der Waals surface area contributed by atoms with E-state index in [1.807, 2.05) is 0 Å². The Morgan fingerprint density at radius 1 is 1.23 bits per heavy atom. The number of ether oxygens (including phenoxy) is 1. The maximum atomic E-state index is 12.8. The highest BCUT2D eigenvalue weighted by Crippen LogP contribution is 2.29. The van der Waals surface area contributed by atoms with Crippen LogP contribution < -0.4 is 10.8 Å². The van der Waals surface area contributed by atoms with Crippen LogP contribution in [0.5, 0.6) is 0 Å². The van der Waals surface area contributed by atoms with Crippen molar-refractivity contribution < 1.29 is 32.8 Å². The van der Waals surface area contributed by atoms with Gasteiger partial charge in [-0.1, -0.05) is 12.1 Å². The molecule has 30 heavy (non-hydrogen) atoms. The Morgan fingerprint density at radius 3 is 2.37 bits per heavy atom. The molecule has 7 nitrogen and oxygen atoms in total. The fourth-order valence-electron chi connectivity index (χ4n) is 2.74. The number of halogens is 3. The molecule has 164 valence electrons. The van der Waals surface area contributed by atoms with Gasteiger partial charge in [0.2, 0.25) is 0 Å². The van der Waals surface area contributed by atoms with Crippen molar-refractivity contribution in [1.29, 1.82) is 0 Å². The number of benzene rings is 1. The number of carbonyl (C=O) groups excluding carboxylic acids is 1. The molecular formula is C19H25BF3N3O4. The standard InChI is InChI=1S/C19H25BF3N3O4/c1-18(2,3)30-17(27)25-16(8-9-26-12-15(11-24-26)20(28)29)10-13-4-6-14(7-5-13)19(21,22)23/h4-7,11-12,16,28-29H,8-10H2,1-3H3,(H,25,27)/t16-/m1/s1. The molecule has 1 heterocycles. The number of amides is 1. The number of hydrogen-bond donors (Lipinski definition) is 3. The van der Waals surface area contributed by atoms with E-state index in [-0.39, 0.29) is 11.9 Å². The van der Waals surface area contributed by atoms with Crippen LogP contribution in [-0.2, 0) is 23.9 Å². The summed E-state index contributed by atoms with van der Waals surface area (Å²) in [6, 6.07) is 4.31. The molecule has 11 heteroatoms. The summed E-state index contributed by atoms with van der Waals surface area (Å²) in [5.74, 6) is 0. The van der Waals surface area contributed by atoms with Crippen molar-refractivity contribution in [3.63, 3.8) is 0 Å². The van der Waals surface area contributed by atoms with E-state index in [0.29, 0.717) is 18.5 Å². The SMILES string of the molecule is CC(C)(C)OC(=O)N[C@H](CCn1cc(B(O)O)cn1)Cc1ccc(C(F)(F)F)cc1.